The second-order valence-electron chi connectivity index (χ2n) is 4.61. The van der Waals surface area contributed by atoms with Crippen LogP contribution in [-0.2, 0) is 16.6 Å². The summed E-state index contributed by atoms with van der Waals surface area (Å²) >= 11 is 0. The fraction of sp³-hybridized carbons (Fsp3) is 0.500. The van der Waals surface area contributed by atoms with Gasteiger partial charge in [-0.1, -0.05) is 13.8 Å². The van der Waals surface area contributed by atoms with Gasteiger partial charge in [0.15, 0.2) is 5.82 Å². The number of benzene rings is 1. The van der Waals surface area contributed by atoms with Crippen LogP contribution in [0, 0.1) is 17.6 Å². The van der Waals surface area contributed by atoms with E-state index in [2.05, 4.69) is 10.0 Å². The van der Waals surface area contributed by atoms with Crippen molar-refractivity contribution in [1.82, 2.24) is 10.0 Å². The van der Waals surface area contributed by atoms with Crippen LogP contribution in [0.3, 0.4) is 0 Å². The van der Waals surface area contributed by atoms with Crippen molar-refractivity contribution >= 4 is 10.0 Å². The molecule has 0 amide bonds. The summed E-state index contributed by atoms with van der Waals surface area (Å²) in [7, 11) is -2.44. The van der Waals surface area contributed by atoms with Gasteiger partial charge in [-0.05, 0) is 25.1 Å². The second kappa shape index (κ2) is 6.40. The van der Waals surface area contributed by atoms with Gasteiger partial charge in [-0.15, -0.1) is 0 Å². The highest BCUT2D eigenvalue weighted by atomic mass is 32.2. The van der Waals surface area contributed by atoms with Crippen LogP contribution in [0.4, 0.5) is 8.78 Å². The highest BCUT2D eigenvalue weighted by Gasteiger charge is 2.23. The topological polar surface area (TPSA) is 58.2 Å². The van der Waals surface area contributed by atoms with Gasteiger partial charge in [0.25, 0.3) is 0 Å². The molecule has 7 heteroatoms. The normalized spacial score (nSPS) is 12.1. The third-order valence-electron chi connectivity index (χ3n) is 2.48. The fourth-order valence-corrected chi connectivity index (χ4v) is 2.79. The molecule has 0 spiro atoms. The van der Waals surface area contributed by atoms with Gasteiger partial charge >= 0.3 is 0 Å². The van der Waals surface area contributed by atoms with Crippen molar-refractivity contribution in [2.45, 2.75) is 25.3 Å². The zero-order chi connectivity index (χ0) is 14.6. The van der Waals surface area contributed by atoms with E-state index in [1.807, 2.05) is 13.8 Å². The van der Waals surface area contributed by atoms with E-state index in [0.717, 1.165) is 12.1 Å². The zero-order valence-corrected chi connectivity index (χ0v) is 11.9. The van der Waals surface area contributed by atoms with Crippen LogP contribution in [0.5, 0.6) is 0 Å². The lowest BCUT2D eigenvalue weighted by molar-refractivity contribution is 0.514. The first-order valence-electron chi connectivity index (χ1n) is 5.90. The van der Waals surface area contributed by atoms with E-state index in [9.17, 15) is 17.2 Å². The quantitative estimate of drug-likeness (QED) is 0.837. The predicted octanol–water partition coefficient (Wildman–Crippen LogP) is 1.62. The minimum absolute atomic E-state index is 0.0782. The van der Waals surface area contributed by atoms with E-state index in [4.69, 9.17) is 0 Å². The molecule has 108 valence electrons. The number of hydrogen-bond donors (Lipinski definition) is 2. The third kappa shape index (κ3) is 3.95. The lowest BCUT2D eigenvalue weighted by Gasteiger charge is -2.12. The van der Waals surface area contributed by atoms with Crippen molar-refractivity contribution in [2.75, 3.05) is 13.6 Å². The first-order valence-corrected chi connectivity index (χ1v) is 7.39. The van der Waals surface area contributed by atoms with Crippen molar-refractivity contribution in [2.24, 2.45) is 5.92 Å². The Morgan fingerprint density at radius 1 is 1.26 bits per heavy atom. The third-order valence-corrected chi connectivity index (χ3v) is 3.92. The first kappa shape index (κ1) is 16.0. The van der Waals surface area contributed by atoms with Crippen LogP contribution in [0.2, 0.25) is 0 Å². The van der Waals surface area contributed by atoms with Crippen molar-refractivity contribution in [1.29, 1.82) is 0 Å². The number of halogens is 2. The standard InChI is InChI=1S/C12H18F2N2O2S/c1-8(2)6-16-19(17,18)11-5-4-10(13)9(7-15-3)12(11)14/h4-5,8,15-16H,6-7H2,1-3H3. The van der Waals surface area contributed by atoms with Gasteiger partial charge in [0.1, 0.15) is 10.7 Å². The number of rotatable bonds is 6. The molecule has 1 aromatic carbocycles. The predicted molar refractivity (Wildman–Crippen MR) is 69.1 cm³/mol. The zero-order valence-electron chi connectivity index (χ0n) is 11.1. The molecule has 0 saturated heterocycles. The monoisotopic (exact) mass is 292 g/mol. The Morgan fingerprint density at radius 2 is 1.89 bits per heavy atom. The van der Waals surface area contributed by atoms with Crippen LogP contribution in [-0.4, -0.2) is 22.0 Å². The smallest absolute Gasteiger partial charge is 0.243 e. The lowest BCUT2D eigenvalue weighted by atomic mass is 10.2. The summed E-state index contributed by atoms with van der Waals surface area (Å²) in [6.45, 7) is 3.78. The van der Waals surface area contributed by atoms with Crippen molar-refractivity contribution < 1.29 is 17.2 Å². The average Bonchev–Trinajstić information content (AvgIpc) is 2.31. The van der Waals surface area contributed by atoms with Crippen molar-refractivity contribution in [3.8, 4) is 0 Å². The van der Waals surface area contributed by atoms with Gasteiger partial charge in [-0.25, -0.2) is 21.9 Å². The SMILES string of the molecule is CNCc1c(F)ccc(S(=O)(=O)NCC(C)C)c1F. The summed E-state index contributed by atoms with van der Waals surface area (Å²) in [5.41, 5.74) is -0.282. The molecule has 0 unspecified atom stereocenters. The molecular formula is C12H18F2N2O2S. The average molecular weight is 292 g/mol. The molecule has 0 saturated carbocycles. The molecule has 19 heavy (non-hydrogen) atoms. The molecule has 0 aliphatic rings. The highest BCUT2D eigenvalue weighted by Crippen LogP contribution is 2.21. The summed E-state index contributed by atoms with van der Waals surface area (Å²) in [4.78, 5) is -0.528. The van der Waals surface area contributed by atoms with E-state index >= 15 is 0 Å². The van der Waals surface area contributed by atoms with E-state index in [-0.39, 0.29) is 24.6 Å². The van der Waals surface area contributed by atoms with Gasteiger partial charge in [0.05, 0.1) is 0 Å². The number of sulfonamides is 1. The Balaban J connectivity index is 3.17. The first-order chi connectivity index (χ1) is 8.79. The maximum atomic E-state index is 14.0. The molecule has 0 heterocycles. The summed E-state index contributed by atoms with van der Waals surface area (Å²) in [6.07, 6.45) is 0. The molecule has 1 aromatic rings. The van der Waals surface area contributed by atoms with Crippen LogP contribution in [0.1, 0.15) is 19.4 Å². The fourth-order valence-electron chi connectivity index (χ4n) is 1.48. The Kier molecular flexibility index (Phi) is 5.39. The van der Waals surface area contributed by atoms with Gasteiger partial charge < -0.3 is 5.32 Å². The molecular weight excluding hydrogens is 274 g/mol. The van der Waals surface area contributed by atoms with E-state index in [1.165, 1.54) is 7.05 Å². The Labute approximate surface area is 112 Å². The molecule has 0 aliphatic heterocycles. The minimum Gasteiger partial charge on any atom is -0.315 e. The van der Waals surface area contributed by atoms with Gasteiger partial charge in [0.2, 0.25) is 10.0 Å². The Hall–Kier alpha value is -1.05. The lowest BCUT2D eigenvalue weighted by Crippen LogP contribution is -2.28. The summed E-state index contributed by atoms with van der Waals surface area (Å²) in [6, 6.07) is 1.90. The van der Waals surface area contributed by atoms with Crippen LogP contribution in [0.25, 0.3) is 0 Å². The van der Waals surface area contributed by atoms with Crippen molar-refractivity contribution in [3.05, 3.63) is 29.3 Å². The minimum atomic E-state index is -3.96. The Bertz CT molecular complexity index is 545. The van der Waals surface area contributed by atoms with Crippen molar-refractivity contribution in [3.63, 3.8) is 0 Å². The highest BCUT2D eigenvalue weighted by molar-refractivity contribution is 7.89. The molecule has 0 aromatic heterocycles. The van der Waals surface area contributed by atoms with Crippen LogP contribution in [0.15, 0.2) is 17.0 Å². The van der Waals surface area contributed by atoms with Gasteiger partial charge in [0, 0.05) is 18.7 Å². The molecule has 4 nitrogen and oxygen atoms in total. The largest absolute Gasteiger partial charge is 0.315 e. The number of nitrogens with one attached hydrogen (secondary N) is 2. The van der Waals surface area contributed by atoms with Gasteiger partial charge in [-0.2, -0.15) is 0 Å². The molecule has 1 rings (SSSR count). The van der Waals surface area contributed by atoms with E-state index < -0.39 is 26.6 Å². The molecule has 0 radical (unpaired) electrons. The molecule has 0 bridgehead atoms. The Morgan fingerprint density at radius 3 is 2.42 bits per heavy atom. The van der Waals surface area contributed by atoms with E-state index in [1.54, 1.807) is 0 Å². The van der Waals surface area contributed by atoms with Crippen LogP contribution >= 0.6 is 0 Å². The second-order valence-corrected chi connectivity index (χ2v) is 6.35. The maximum absolute atomic E-state index is 14.0. The number of hydrogen-bond acceptors (Lipinski definition) is 3. The summed E-state index contributed by atoms with van der Waals surface area (Å²) in [5, 5.41) is 2.60. The molecule has 0 aliphatic carbocycles. The van der Waals surface area contributed by atoms with E-state index in [0.29, 0.717) is 0 Å². The molecule has 0 atom stereocenters. The molecule has 2 N–H and O–H groups in total. The maximum Gasteiger partial charge on any atom is 0.243 e. The van der Waals surface area contributed by atoms with Crippen LogP contribution < -0.4 is 10.0 Å². The summed E-state index contributed by atoms with van der Waals surface area (Å²) in [5.74, 6) is -1.73. The molecule has 0 fully saturated rings. The summed E-state index contributed by atoms with van der Waals surface area (Å²) < 4.78 is 53.6. The van der Waals surface area contributed by atoms with Gasteiger partial charge in [-0.3, -0.25) is 0 Å².